The molecule has 1 aromatic carbocycles. The van der Waals surface area contributed by atoms with Gasteiger partial charge in [-0.25, -0.2) is 4.98 Å². The third-order valence-corrected chi connectivity index (χ3v) is 5.35. The van der Waals surface area contributed by atoms with Gasteiger partial charge in [0.05, 0.1) is 6.04 Å². The molecule has 5 heteroatoms. The van der Waals surface area contributed by atoms with E-state index in [9.17, 15) is 9.59 Å². The van der Waals surface area contributed by atoms with Crippen LogP contribution >= 0.6 is 0 Å². The summed E-state index contributed by atoms with van der Waals surface area (Å²) in [6.45, 7) is 9.66. The zero-order valence-electron chi connectivity index (χ0n) is 16.7. The van der Waals surface area contributed by atoms with Crippen LogP contribution in [0.1, 0.15) is 68.3 Å². The Morgan fingerprint density at radius 2 is 1.89 bits per heavy atom. The first-order chi connectivity index (χ1) is 12.8. The molecule has 0 spiro atoms. The van der Waals surface area contributed by atoms with E-state index in [0.29, 0.717) is 18.7 Å². The summed E-state index contributed by atoms with van der Waals surface area (Å²) in [7, 11) is 0. The van der Waals surface area contributed by atoms with E-state index in [0.717, 1.165) is 30.7 Å². The maximum Gasteiger partial charge on any atom is 0.295 e. The second-order valence-electron chi connectivity index (χ2n) is 8.31. The normalized spacial score (nSPS) is 17.8. The molecule has 1 saturated heterocycles. The molecular formula is C22H29N3O2. The number of likely N-dealkylation sites (tertiary alicyclic amines) is 1. The maximum atomic E-state index is 12.8. The number of ketones is 1. The minimum absolute atomic E-state index is 0.0213. The van der Waals surface area contributed by atoms with Gasteiger partial charge in [-0.15, -0.1) is 0 Å². The molecule has 0 bridgehead atoms. The second kappa shape index (κ2) is 7.67. The standard InChI is InChI=1S/C22H29N3O2/c1-5-19-23-12-14-25(19)18-7-6-13-24(15-18)21(27)20(26)16-8-10-17(11-9-16)22(2,3)4/h8-12,14,18H,5-7,13,15H2,1-4H3. The van der Waals surface area contributed by atoms with E-state index in [-0.39, 0.29) is 11.5 Å². The lowest BCUT2D eigenvalue weighted by Crippen LogP contribution is -2.44. The number of carbonyl (C=O) groups is 2. The number of imidazole rings is 1. The van der Waals surface area contributed by atoms with Gasteiger partial charge in [-0.3, -0.25) is 9.59 Å². The molecule has 1 atom stereocenters. The molecule has 1 aromatic heterocycles. The highest BCUT2D eigenvalue weighted by Gasteiger charge is 2.30. The molecule has 2 heterocycles. The van der Waals surface area contributed by atoms with E-state index in [1.54, 1.807) is 17.0 Å². The Bertz CT molecular complexity index is 815. The molecule has 0 saturated carbocycles. The summed E-state index contributed by atoms with van der Waals surface area (Å²) in [5, 5.41) is 0. The Kier molecular flexibility index (Phi) is 5.49. The quantitative estimate of drug-likeness (QED) is 0.610. The maximum absolute atomic E-state index is 12.8. The molecule has 1 aliphatic rings. The van der Waals surface area contributed by atoms with E-state index in [2.05, 4.69) is 37.2 Å². The zero-order valence-corrected chi connectivity index (χ0v) is 16.7. The van der Waals surface area contributed by atoms with E-state index in [4.69, 9.17) is 0 Å². The number of hydrogen-bond acceptors (Lipinski definition) is 3. The van der Waals surface area contributed by atoms with Crippen LogP contribution in [0.4, 0.5) is 0 Å². The fourth-order valence-corrected chi connectivity index (χ4v) is 3.71. The molecule has 0 N–H and O–H groups in total. The van der Waals surface area contributed by atoms with Crippen LogP contribution in [0.3, 0.4) is 0 Å². The molecule has 1 fully saturated rings. The summed E-state index contributed by atoms with van der Waals surface area (Å²) < 4.78 is 2.15. The monoisotopic (exact) mass is 367 g/mol. The van der Waals surface area contributed by atoms with Crippen molar-refractivity contribution in [2.45, 2.75) is 58.4 Å². The number of aryl methyl sites for hydroxylation is 1. The Morgan fingerprint density at radius 3 is 2.52 bits per heavy atom. The van der Waals surface area contributed by atoms with Crippen LogP contribution in [0, 0.1) is 0 Å². The number of aromatic nitrogens is 2. The van der Waals surface area contributed by atoms with Crippen LogP contribution in [0.2, 0.25) is 0 Å². The Labute approximate surface area is 161 Å². The predicted molar refractivity (Wildman–Crippen MR) is 106 cm³/mol. The van der Waals surface area contributed by atoms with Crippen molar-refractivity contribution >= 4 is 11.7 Å². The summed E-state index contributed by atoms with van der Waals surface area (Å²) in [5.74, 6) is 0.206. The smallest absolute Gasteiger partial charge is 0.295 e. The highest BCUT2D eigenvalue weighted by molar-refractivity contribution is 6.42. The molecule has 5 nitrogen and oxygen atoms in total. The minimum atomic E-state index is -0.419. The van der Waals surface area contributed by atoms with Crippen LogP contribution in [0.15, 0.2) is 36.7 Å². The number of hydrogen-bond donors (Lipinski definition) is 0. The van der Waals surface area contributed by atoms with Crippen molar-refractivity contribution in [3.05, 3.63) is 53.6 Å². The molecule has 2 aromatic rings. The summed E-state index contributed by atoms with van der Waals surface area (Å²) in [6, 6.07) is 7.62. The van der Waals surface area contributed by atoms with Crippen LogP contribution < -0.4 is 0 Å². The fraction of sp³-hybridized carbons (Fsp3) is 0.500. The van der Waals surface area contributed by atoms with Crippen LogP contribution in [0.25, 0.3) is 0 Å². The van der Waals surface area contributed by atoms with Gasteiger partial charge in [-0.2, -0.15) is 0 Å². The van der Waals surface area contributed by atoms with Crippen molar-refractivity contribution in [1.29, 1.82) is 0 Å². The highest BCUT2D eigenvalue weighted by atomic mass is 16.2. The van der Waals surface area contributed by atoms with Crippen molar-refractivity contribution in [2.75, 3.05) is 13.1 Å². The van der Waals surface area contributed by atoms with E-state index in [1.165, 1.54) is 0 Å². The molecular weight excluding hydrogens is 338 g/mol. The first-order valence-electron chi connectivity index (χ1n) is 9.77. The van der Waals surface area contributed by atoms with Gasteiger partial charge in [-0.1, -0.05) is 52.0 Å². The number of Topliss-reactive ketones (excluding diaryl/α,β-unsaturated/α-hetero) is 1. The molecule has 1 amide bonds. The third kappa shape index (κ3) is 4.12. The molecule has 1 unspecified atom stereocenters. The van der Waals surface area contributed by atoms with Crippen molar-refractivity contribution < 1.29 is 9.59 Å². The lowest BCUT2D eigenvalue weighted by molar-refractivity contribution is -0.128. The Balaban J connectivity index is 1.72. The number of benzene rings is 1. The largest absolute Gasteiger partial charge is 0.334 e. The lowest BCUT2D eigenvalue weighted by Gasteiger charge is -2.33. The first-order valence-corrected chi connectivity index (χ1v) is 9.77. The molecule has 144 valence electrons. The number of carbonyl (C=O) groups excluding carboxylic acids is 2. The number of rotatable bonds is 4. The first kappa shape index (κ1) is 19.3. The average Bonchev–Trinajstić information content (AvgIpc) is 3.15. The van der Waals surface area contributed by atoms with Gasteiger partial charge in [0.1, 0.15) is 5.82 Å². The van der Waals surface area contributed by atoms with E-state index >= 15 is 0 Å². The number of piperidine rings is 1. The number of nitrogens with zero attached hydrogens (tertiary/aromatic N) is 3. The van der Waals surface area contributed by atoms with E-state index in [1.807, 2.05) is 24.5 Å². The van der Waals surface area contributed by atoms with Crippen molar-refractivity contribution in [2.24, 2.45) is 0 Å². The van der Waals surface area contributed by atoms with Crippen molar-refractivity contribution in [1.82, 2.24) is 14.5 Å². The Hall–Kier alpha value is -2.43. The van der Waals surface area contributed by atoms with Gasteiger partial charge in [0, 0.05) is 37.5 Å². The minimum Gasteiger partial charge on any atom is -0.334 e. The second-order valence-corrected chi connectivity index (χ2v) is 8.31. The van der Waals surface area contributed by atoms with Gasteiger partial charge in [0.15, 0.2) is 0 Å². The van der Waals surface area contributed by atoms with E-state index < -0.39 is 11.7 Å². The van der Waals surface area contributed by atoms with Crippen LogP contribution in [-0.4, -0.2) is 39.2 Å². The molecule has 0 radical (unpaired) electrons. The third-order valence-electron chi connectivity index (χ3n) is 5.35. The van der Waals surface area contributed by atoms with Crippen LogP contribution in [-0.2, 0) is 16.6 Å². The van der Waals surface area contributed by atoms with Crippen molar-refractivity contribution in [3.63, 3.8) is 0 Å². The van der Waals surface area contributed by atoms with Gasteiger partial charge >= 0.3 is 0 Å². The molecule has 3 rings (SSSR count). The SMILES string of the molecule is CCc1nccn1C1CCCN(C(=O)C(=O)c2ccc(C(C)(C)C)cc2)C1. The topological polar surface area (TPSA) is 55.2 Å². The lowest BCUT2D eigenvalue weighted by atomic mass is 9.86. The van der Waals surface area contributed by atoms with Gasteiger partial charge < -0.3 is 9.47 Å². The molecule has 0 aliphatic carbocycles. The predicted octanol–water partition coefficient (Wildman–Crippen LogP) is 3.79. The Morgan fingerprint density at radius 1 is 1.19 bits per heavy atom. The summed E-state index contributed by atoms with van der Waals surface area (Å²) in [6.07, 6.45) is 6.54. The van der Waals surface area contributed by atoms with Gasteiger partial charge in [0.25, 0.3) is 5.91 Å². The van der Waals surface area contributed by atoms with Gasteiger partial charge in [-0.05, 0) is 23.8 Å². The molecule has 27 heavy (non-hydrogen) atoms. The number of amides is 1. The highest BCUT2D eigenvalue weighted by Crippen LogP contribution is 2.25. The summed E-state index contributed by atoms with van der Waals surface area (Å²) in [4.78, 5) is 31.6. The summed E-state index contributed by atoms with van der Waals surface area (Å²) in [5.41, 5.74) is 1.64. The van der Waals surface area contributed by atoms with Gasteiger partial charge in [0.2, 0.25) is 5.78 Å². The summed E-state index contributed by atoms with van der Waals surface area (Å²) >= 11 is 0. The molecule has 1 aliphatic heterocycles. The van der Waals surface area contributed by atoms with Crippen molar-refractivity contribution in [3.8, 4) is 0 Å². The fourth-order valence-electron chi connectivity index (χ4n) is 3.71. The van der Waals surface area contributed by atoms with Crippen LogP contribution in [0.5, 0.6) is 0 Å². The zero-order chi connectivity index (χ0) is 19.6. The average molecular weight is 367 g/mol.